The lowest BCUT2D eigenvalue weighted by atomic mass is 10.0. The standard InChI is InChI=1S/C28H33N3O6/c1-2-3-5-12-22(17-31(20-32)36-18-21-10-6-4-7-11-21)27(34)29-19-30-28(35)26-16-15-25(37-26)23-13-8-9-14-24(23)33/h4,6-11,13-16,20,22,33H,2-3,5,12,17-19H2,1H3,(H,29,34)(H,30,35)/t22-/m1/s1. The summed E-state index contributed by atoms with van der Waals surface area (Å²) in [4.78, 5) is 42.6. The minimum absolute atomic E-state index is 0.0438. The fraction of sp³-hybridized carbons (Fsp3) is 0.321. The van der Waals surface area contributed by atoms with Gasteiger partial charge < -0.3 is 20.2 Å². The number of hydroxylamine groups is 2. The summed E-state index contributed by atoms with van der Waals surface area (Å²) in [6, 6.07) is 19.2. The van der Waals surface area contributed by atoms with E-state index in [2.05, 4.69) is 17.6 Å². The number of hydrogen-bond acceptors (Lipinski definition) is 6. The molecule has 0 saturated heterocycles. The van der Waals surface area contributed by atoms with Gasteiger partial charge >= 0.3 is 0 Å². The SMILES string of the molecule is CCCCC[C@H](CN(C=O)OCc1ccccc1)C(=O)NCNC(=O)c1ccc(-c2ccccc2O)o1. The van der Waals surface area contributed by atoms with Crippen molar-refractivity contribution in [3.8, 4) is 17.1 Å². The van der Waals surface area contributed by atoms with Gasteiger partial charge in [-0.05, 0) is 36.2 Å². The van der Waals surface area contributed by atoms with E-state index in [-0.39, 0.29) is 37.2 Å². The van der Waals surface area contributed by atoms with Gasteiger partial charge in [-0.2, -0.15) is 0 Å². The van der Waals surface area contributed by atoms with Gasteiger partial charge in [-0.15, -0.1) is 0 Å². The zero-order valence-electron chi connectivity index (χ0n) is 20.9. The number of carbonyl (C=O) groups is 3. The Bertz CT molecular complexity index is 1150. The molecule has 0 fully saturated rings. The zero-order chi connectivity index (χ0) is 26.5. The van der Waals surface area contributed by atoms with Gasteiger partial charge in [0.05, 0.1) is 24.7 Å². The highest BCUT2D eigenvalue weighted by Crippen LogP contribution is 2.29. The monoisotopic (exact) mass is 507 g/mol. The third-order valence-corrected chi connectivity index (χ3v) is 5.80. The van der Waals surface area contributed by atoms with E-state index in [4.69, 9.17) is 9.25 Å². The quantitative estimate of drug-likeness (QED) is 0.122. The molecule has 0 aliphatic carbocycles. The predicted octanol–water partition coefficient (Wildman–Crippen LogP) is 4.24. The van der Waals surface area contributed by atoms with Crippen molar-refractivity contribution < 1.29 is 28.7 Å². The maximum atomic E-state index is 12.9. The normalized spacial score (nSPS) is 11.5. The molecule has 0 radical (unpaired) electrons. The number of para-hydroxylation sites is 1. The average molecular weight is 508 g/mol. The van der Waals surface area contributed by atoms with Gasteiger partial charge in [0.1, 0.15) is 18.1 Å². The van der Waals surface area contributed by atoms with E-state index in [0.717, 1.165) is 29.9 Å². The summed E-state index contributed by atoms with van der Waals surface area (Å²) in [6.45, 7) is 2.28. The van der Waals surface area contributed by atoms with E-state index in [1.807, 2.05) is 30.3 Å². The number of aromatic hydroxyl groups is 1. The van der Waals surface area contributed by atoms with E-state index in [1.165, 1.54) is 12.1 Å². The van der Waals surface area contributed by atoms with E-state index in [0.29, 0.717) is 24.2 Å². The van der Waals surface area contributed by atoms with Gasteiger partial charge in [-0.3, -0.25) is 19.2 Å². The molecule has 0 spiro atoms. The first-order valence-corrected chi connectivity index (χ1v) is 12.3. The van der Waals surface area contributed by atoms with Crippen LogP contribution < -0.4 is 10.6 Å². The third-order valence-electron chi connectivity index (χ3n) is 5.80. The first-order chi connectivity index (χ1) is 18.0. The number of nitrogens with one attached hydrogen (secondary N) is 2. The molecule has 3 aromatic rings. The highest BCUT2D eigenvalue weighted by atomic mass is 16.7. The number of nitrogens with zero attached hydrogens (tertiary/aromatic N) is 1. The second-order valence-corrected chi connectivity index (χ2v) is 8.56. The molecule has 9 heteroatoms. The van der Waals surface area contributed by atoms with Gasteiger partial charge in [-0.1, -0.05) is 68.7 Å². The Balaban J connectivity index is 1.52. The summed E-state index contributed by atoms with van der Waals surface area (Å²) in [5.74, 6) is -0.852. The van der Waals surface area contributed by atoms with Crippen molar-refractivity contribution in [1.82, 2.24) is 15.7 Å². The van der Waals surface area contributed by atoms with Crippen LogP contribution in [0, 0.1) is 5.92 Å². The van der Waals surface area contributed by atoms with Crippen LogP contribution in [0.25, 0.3) is 11.3 Å². The lowest BCUT2D eigenvalue weighted by Crippen LogP contribution is -2.43. The predicted molar refractivity (Wildman–Crippen MR) is 138 cm³/mol. The van der Waals surface area contributed by atoms with Gasteiger partial charge in [0, 0.05) is 0 Å². The summed E-state index contributed by atoms with van der Waals surface area (Å²) >= 11 is 0. The molecule has 37 heavy (non-hydrogen) atoms. The Labute approximate surface area is 216 Å². The number of rotatable bonds is 15. The summed E-state index contributed by atoms with van der Waals surface area (Å²) in [5, 5.41) is 16.4. The Morgan fingerprint density at radius 2 is 1.78 bits per heavy atom. The van der Waals surface area contributed by atoms with Gasteiger partial charge in [0.25, 0.3) is 5.91 Å². The van der Waals surface area contributed by atoms with Crippen LogP contribution in [0.5, 0.6) is 5.75 Å². The number of phenolic OH excluding ortho intramolecular Hbond substituents is 1. The molecular weight excluding hydrogens is 474 g/mol. The zero-order valence-corrected chi connectivity index (χ0v) is 20.9. The average Bonchev–Trinajstić information content (AvgIpc) is 3.41. The molecule has 3 rings (SSSR count). The van der Waals surface area contributed by atoms with Gasteiger partial charge in [0.15, 0.2) is 5.76 Å². The number of amides is 3. The molecule has 1 aromatic heterocycles. The molecule has 196 valence electrons. The Hall–Kier alpha value is -4.11. The van der Waals surface area contributed by atoms with Gasteiger partial charge in [-0.25, -0.2) is 5.06 Å². The van der Waals surface area contributed by atoms with Crippen molar-refractivity contribution in [2.24, 2.45) is 5.92 Å². The molecule has 1 heterocycles. The highest BCUT2D eigenvalue weighted by Gasteiger charge is 2.22. The molecule has 1 atom stereocenters. The molecule has 2 aromatic carbocycles. The van der Waals surface area contributed by atoms with Crippen molar-refractivity contribution in [1.29, 1.82) is 0 Å². The maximum Gasteiger partial charge on any atom is 0.288 e. The van der Waals surface area contributed by atoms with Crippen molar-refractivity contribution in [2.45, 2.75) is 39.2 Å². The molecular formula is C28H33N3O6. The van der Waals surface area contributed by atoms with Crippen molar-refractivity contribution in [2.75, 3.05) is 13.2 Å². The minimum atomic E-state index is -0.509. The molecule has 0 aliphatic rings. The summed E-state index contributed by atoms with van der Waals surface area (Å²) in [7, 11) is 0. The first-order valence-electron chi connectivity index (χ1n) is 12.3. The fourth-order valence-electron chi connectivity index (χ4n) is 3.75. The topological polar surface area (TPSA) is 121 Å². The number of furan rings is 1. The van der Waals surface area contributed by atoms with Crippen molar-refractivity contribution in [3.63, 3.8) is 0 Å². The van der Waals surface area contributed by atoms with E-state index >= 15 is 0 Å². The van der Waals surface area contributed by atoms with Crippen LogP contribution in [0.3, 0.4) is 0 Å². The first kappa shape index (κ1) is 27.5. The smallest absolute Gasteiger partial charge is 0.288 e. The van der Waals surface area contributed by atoms with E-state index in [9.17, 15) is 19.5 Å². The molecule has 0 unspecified atom stereocenters. The van der Waals surface area contributed by atoms with Crippen LogP contribution in [-0.2, 0) is 21.0 Å². The molecule has 3 amide bonds. The van der Waals surface area contributed by atoms with Crippen LogP contribution in [0.1, 0.15) is 48.7 Å². The molecule has 9 nitrogen and oxygen atoms in total. The van der Waals surface area contributed by atoms with Crippen LogP contribution in [-0.4, -0.2) is 41.6 Å². The number of hydrogen-bond donors (Lipinski definition) is 3. The van der Waals surface area contributed by atoms with Crippen LogP contribution in [0.2, 0.25) is 0 Å². The van der Waals surface area contributed by atoms with Crippen LogP contribution >= 0.6 is 0 Å². The van der Waals surface area contributed by atoms with Crippen molar-refractivity contribution >= 4 is 18.2 Å². The minimum Gasteiger partial charge on any atom is -0.507 e. The van der Waals surface area contributed by atoms with Gasteiger partial charge in [0.2, 0.25) is 12.3 Å². The Morgan fingerprint density at radius 1 is 1.03 bits per heavy atom. The second-order valence-electron chi connectivity index (χ2n) is 8.56. The largest absolute Gasteiger partial charge is 0.507 e. The number of carbonyl (C=O) groups excluding carboxylic acids is 3. The summed E-state index contributed by atoms with van der Waals surface area (Å²) in [6.07, 6.45) is 3.94. The Morgan fingerprint density at radius 3 is 2.51 bits per heavy atom. The lowest BCUT2D eigenvalue weighted by Gasteiger charge is -2.23. The third kappa shape index (κ3) is 8.50. The molecule has 0 aliphatic heterocycles. The number of phenols is 1. The van der Waals surface area contributed by atoms with Crippen molar-refractivity contribution in [3.05, 3.63) is 78.1 Å². The summed E-state index contributed by atoms with van der Waals surface area (Å²) in [5.41, 5.74) is 1.38. The number of benzene rings is 2. The Kier molecular flexibility index (Phi) is 10.7. The summed E-state index contributed by atoms with van der Waals surface area (Å²) < 4.78 is 5.57. The molecule has 0 bridgehead atoms. The lowest BCUT2D eigenvalue weighted by molar-refractivity contribution is -0.182. The fourth-order valence-corrected chi connectivity index (χ4v) is 3.75. The van der Waals surface area contributed by atoms with E-state index < -0.39 is 11.8 Å². The second kappa shape index (κ2) is 14.4. The van der Waals surface area contributed by atoms with E-state index in [1.54, 1.807) is 24.3 Å². The molecule has 0 saturated carbocycles. The maximum absolute atomic E-state index is 12.9. The molecule has 3 N–H and O–H groups in total. The highest BCUT2D eigenvalue weighted by molar-refractivity contribution is 5.92. The van der Waals surface area contributed by atoms with Crippen LogP contribution in [0.4, 0.5) is 0 Å². The number of unbranched alkanes of at least 4 members (excludes halogenated alkanes) is 2. The van der Waals surface area contributed by atoms with Crippen LogP contribution in [0.15, 0.2) is 71.1 Å².